The maximum atomic E-state index is 14.5. The van der Waals surface area contributed by atoms with Crippen LogP contribution in [0.2, 0.25) is 0 Å². The highest BCUT2D eigenvalue weighted by molar-refractivity contribution is 6.02. The van der Waals surface area contributed by atoms with Gasteiger partial charge in [0.05, 0.1) is 6.61 Å². The zero-order valence-electron chi connectivity index (χ0n) is 27.5. The van der Waals surface area contributed by atoms with Crippen molar-refractivity contribution in [3.05, 3.63) is 103 Å². The highest BCUT2D eigenvalue weighted by Gasteiger charge is 2.36. The van der Waals surface area contributed by atoms with Gasteiger partial charge in [-0.15, -0.1) is 0 Å². The molecule has 0 aliphatic rings. The van der Waals surface area contributed by atoms with E-state index in [1.807, 2.05) is 86.6 Å². The molecule has 0 unspecified atom stereocenters. The van der Waals surface area contributed by atoms with Crippen molar-refractivity contribution < 1.29 is 23.9 Å². The predicted molar refractivity (Wildman–Crippen MR) is 183 cm³/mol. The summed E-state index contributed by atoms with van der Waals surface area (Å²) >= 11 is 0. The average Bonchev–Trinajstić information content (AvgIpc) is 3.02. The number of likely N-dealkylation sites (N-methyl/N-ethyl adjacent to an activating group) is 2. The molecule has 244 valence electrons. The van der Waals surface area contributed by atoms with Crippen molar-refractivity contribution in [1.82, 2.24) is 15.1 Å². The lowest BCUT2D eigenvalue weighted by Gasteiger charge is -2.35. The fourth-order valence-electron chi connectivity index (χ4n) is 5.01. The number of hydrogen-bond donors (Lipinski definition) is 2. The quantitative estimate of drug-likeness (QED) is 0.146. The van der Waals surface area contributed by atoms with Crippen LogP contribution in [0.3, 0.4) is 0 Å². The Kier molecular flexibility index (Phi) is 12.8. The van der Waals surface area contributed by atoms with Crippen LogP contribution in [0.4, 0.5) is 0 Å². The van der Waals surface area contributed by atoms with Gasteiger partial charge < -0.3 is 25.6 Å². The van der Waals surface area contributed by atoms with Crippen LogP contribution in [0.15, 0.2) is 91.5 Å². The van der Waals surface area contributed by atoms with Gasteiger partial charge in [0.15, 0.2) is 0 Å². The highest BCUT2D eigenvalue weighted by atomic mass is 16.5. The Labute approximate surface area is 272 Å². The number of nitrogens with one attached hydrogen (secondary N) is 1. The van der Waals surface area contributed by atoms with Crippen molar-refractivity contribution in [3.8, 4) is 0 Å². The molecule has 0 aliphatic carbocycles. The number of benzene rings is 3. The summed E-state index contributed by atoms with van der Waals surface area (Å²) in [6, 6.07) is 21.0. The number of esters is 1. The van der Waals surface area contributed by atoms with E-state index in [-0.39, 0.29) is 25.5 Å². The van der Waals surface area contributed by atoms with E-state index < -0.39 is 35.4 Å². The van der Waals surface area contributed by atoms with Gasteiger partial charge in [0.25, 0.3) is 0 Å². The molecule has 0 spiro atoms. The third kappa shape index (κ3) is 10.4. The van der Waals surface area contributed by atoms with Gasteiger partial charge in [-0.05, 0) is 66.3 Å². The summed E-state index contributed by atoms with van der Waals surface area (Å²) in [5.74, 6) is -1.61. The van der Waals surface area contributed by atoms with Crippen LogP contribution in [0.1, 0.15) is 44.7 Å². The van der Waals surface area contributed by atoms with E-state index in [0.717, 1.165) is 16.3 Å². The zero-order valence-corrected chi connectivity index (χ0v) is 27.5. The third-order valence-corrected chi connectivity index (χ3v) is 7.64. The lowest BCUT2D eigenvalue weighted by atomic mass is 9.94. The molecule has 0 fully saturated rings. The maximum Gasteiger partial charge on any atom is 0.302 e. The molecule has 3 amide bonds. The van der Waals surface area contributed by atoms with Crippen LogP contribution in [-0.4, -0.2) is 78.4 Å². The first kappa shape index (κ1) is 35.7. The van der Waals surface area contributed by atoms with Crippen LogP contribution in [-0.2, 0) is 30.3 Å². The fraction of sp³-hybridized carbons (Fsp3) is 0.351. The Balaban J connectivity index is 1.96. The summed E-state index contributed by atoms with van der Waals surface area (Å²) in [5.41, 5.74) is 7.58. The van der Waals surface area contributed by atoms with Gasteiger partial charge in [-0.25, -0.2) is 0 Å². The van der Waals surface area contributed by atoms with Crippen LogP contribution < -0.4 is 11.1 Å². The molecular formula is C37H46N4O5. The summed E-state index contributed by atoms with van der Waals surface area (Å²) in [6.07, 6.45) is 4.25. The van der Waals surface area contributed by atoms with E-state index in [1.165, 1.54) is 22.8 Å². The SMILES string of the molecule is C=C(c1ccc2ccccc2c1)[C@H](C(=O)N(C)[C@H](Cc1ccccc1)C(=O)NCCCOC(C)=O)N(C)C(=O)/C=C/CC(C)(C)N. The van der Waals surface area contributed by atoms with Gasteiger partial charge in [-0.1, -0.05) is 79.4 Å². The minimum atomic E-state index is -1.11. The van der Waals surface area contributed by atoms with Crippen molar-refractivity contribution in [2.24, 2.45) is 5.73 Å². The molecule has 3 aromatic carbocycles. The van der Waals surface area contributed by atoms with Gasteiger partial charge in [0.1, 0.15) is 12.1 Å². The second-order valence-electron chi connectivity index (χ2n) is 12.2. The normalized spacial score (nSPS) is 12.7. The lowest BCUT2D eigenvalue weighted by Crippen LogP contribution is -2.55. The Morgan fingerprint density at radius 3 is 2.26 bits per heavy atom. The first-order valence-electron chi connectivity index (χ1n) is 15.4. The van der Waals surface area contributed by atoms with Crippen LogP contribution in [0.25, 0.3) is 16.3 Å². The lowest BCUT2D eigenvalue weighted by molar-refractivity contribution is -0.144. The molecular weight excluding hydrogens is 580 g/mol. The summed E-state index contributed by atoms with van der Waals surface area (Å²) in [5, 5.41) is 4.88. The number of hydrogen-bond acceptors (Lipinski definition) is 6. The molecule has 3 rings (SSSR count). The van der Waals surface area contributed by atoms with Crippen molar-refractivity contribution in [2.45, 2.75) is 57.7 Å². The summed E-state index contributed by atoms with van der Waals surface area (Å²) < 4.78 is 4.97. The molecule has 0 radical (unpaired) electrons. The second-order valence-corrected chi connectivity index (χ2v) is 12.2. The molecule has 9 heteroatoms. The van der Waals surface area contributed by atoms with Crippen molar-refractivity contribution in [2.75, 3.05) is 27.2 Å². The van der Waals surface area contributed by atoms with Gasteiger partial charge in [-0.2, -0.15) is 0 Å². The maximum absolute atomic E-state index is 14.5. The zero-order chi connectivity index (χ0) is 33.9. The predicted octanol–water partition coefficient (Wildman–Crippen LogP) is 4.50. The van der Waals surface area contributed by atoms with Crippen molar-refractivity contribution in [3.63, 3.8) is 0 Å². The van der Waals surface area contributed by atoms with E-state index >= 15 is 0 Å². The van der Waals surface area contributed by atoms with Gasteiger partial charge in [-0.3, -0.25) is 19.2 Å². The Morgan fingerprint density at radius 1 is 0.957 bits per heavy atom. The first-order valence-corrected chi connectivity index (χ1v) is 15.4. The highest BCUT2D eigenvalue weighted by Crippen LogP contribution is 2.27. The Hall–Kier alpha value is -4.76. The number of fused-ring (bicyclic) bond motifs is 1. The molecule has 3 aromatic rings. The minimum absolute atomic E-state index is 0.170. The third-order valence-electron chi connectivity index (χ3n) is 7.64. The number of ether oxygens (including phenoxy) is 1. The van der Waals surface area contributed by atoms with E-state index in [1.54, 1.807) is 20.2 Å². The van der Waals surface area contributed by atoms with E-state index in [2.05, 4.69) is 11.9 Å². The number of rotatable bonds is 15. The van der Waals surface area contributed by atoms with Crippen molar-refractivity contribution >= 4 is 40.0 Å². The fourth-order valence-corrected chi connectivity index (χ4v) is 5.01. The molecule has 0 bridgehead atoms. The molecule has 0 saturated heterocycles. The first-order chi connectivity index (χ1) is 21.8. The molecule has 0 heterocycles. The Morgan fingerprint density at radius 2 is 1.61 bits per heavy atom. The second kappa shape index (κ2) is 16.5. The van der Waals surface area contributed by atoms with E-state index in [0.29, 0.717) is 24.0 Å². The molecule has 0 aromatic heterocycles. The smallest absolute Gasteiger partial charge is 0.302 e. The summed E-state index contributed by atoms with van der Waals surface area (Å²) in [6.45, 7) is 9.79. The van der Waals surface area contributed by atoms with Gasteiger partial charge in [0.2, 0.25) is 17.7 Å². The van der Waals surface area contributed by atoms with Crippen LogP contribution in [0, 0.1) is 0 Å². The number of carbonyl (C=O) groups excluding carboxylic acids is 4. The number of nitrogens with two attached hydrogens (primary N) is 1. The van der Waals surface area contributed by atoms with Crippen LogP contribution >= 0.6 is 0 Å². The summed E-state index contributed by atoms with van der Waals surface area (Å²) in [4.78, 5) is 55.4. The monoisotopic (exact) mass is 626 g/mol. The number of amides is 3. The topological polar surface area (TPSA) is 122 Å². The Bertz CT molecular complexity index is 1560. The molecule has 46 heavy (non-hydrogen) atoms. The van der Waals surface area contributed by atoms with Crippen molar-refractivity contribution in [1.29, 1.82) is 0 Å². The molecule has 0 saturated carbocycles. The molecule has 0 aliphatic heterocycles. The molecule has 2 atom stereocenters. The van der Waals surface area contributed by atoms with Crippen LogP contribution in [0.5, 0.6) is 0 Å². The minimum Gasteiger partial charge on any atom is -0.466 e. The van der Waals surface area contributed by atoms with E-state index in [9.17, 15) is 19.2 Å². The number of carbonyl (C=O) groups is 4. The number of nitrogens with zero attached hydrogens (tertiary/aromatic N) is 2. The van der Waals surface area contributed by atoms with Gasteiger partial charge in [0, 0.05) is 39.5 Å². The van der Waals surface area contributed by atoms with Gasteiger partial charge >= 0.3 is 5.97 Å². The summed E-state index contributed by atoms with van der Waals surface area (Å²) in [7, 11) is 3.13. The largest absolute Gasteiger partial charge is 0.466 e. The standard InChI is InChI=1S/C37H46N4O5/c1-26(30-20-19-29-16-10-11-17-31(29)25-30)34(41(6)33(43)18-12-21-37(3,4)38)36(45)40(5)32(24-28-14-8-7-9-15-28)35(44)39-22-13-23-46-27(2)42/h7-12,14-20,25,32,34H,1,13,21-24,38H2,2-6H3,(H,39,44)/b18-12+/t32-,34-/m1/s1. The average molecular weight is 627 g/mol. The van der Waals surface area contributed by atoms with E-state index in [4.69, 9.17) is 10.5 Å². The molecule has 9 nitrogen and oxygen atoms in total. The molecule has 3 N–H and O–H groups in total.